The lowest BCUT2D eigenvalue weighted by atomic mass is 9.96. The van der Waals surface area contributed by atoms with Gasteiger partial charge in [-0.1, -0.05) is 12.2 Å². The number of allylic oxidation sites excluding steroid dienone is 2. The van der Waals surface area contributed by atoms with Crippen LogP contribution in [-0.4, -0.2) is 160 Å². The molecule has 16 nitrogen and oxygen atoms in total. The van der Waals surface area contributed by atoms with Crippen molar-refractivity contribution in [1.29, 1.82) is 0 Å². The maximum absolute atomic E-state index is 12.6. The van der Waals surface area contributed by atoms with Crippen LogP contribution in [0.1, 0.15) is 71.9 Å². The number of esters is 2. The topological polar surface area (TPSA) is 145 Å². The molecule has 0 amide bonds. The van der Waals surface area contributed by atoms with Gasteiger partial charge >= 0.3 is 11.9 Å². The molecule has 76 heavy (non-hydrogen) atoms. The number of likely N-dealkylation sites (N-methyl/N-ethyl adjacent to an activating group) is 2. The van der Waals surface area contributed by atoms with Crippen molar-refractivity contribution >= 4 is 11.9 Å². The maximum atomic E-state index is 12.6. The molecule has 4 rings (SSSR count). The van der Waals surface area contributed by atoms with Crippen molar-refractivity contribution in [3.05, 3.63) is 94.1 Å². The van der Waals surface area contributed by atoms with Gasteiger partial charge in [0, 0.05) is 38.5 Å². The summed E-state index contributed by atoms with van der Waals surface area (Å²) in [7, 11) is 25.1. The lowest BCUT2D eigenvalue weighted by Gasteiger charge is -2.30. The quantitative estimate of drug-likeness (QED) is 0.0185. The van der Waals surface area contributed by atoms with E-state index in [1.165, 1.54) is 22.3 Å². The number of quaternary nitrogens is 2. The Hall–Kier alpha value is -6.52. The summed E-state index contributed by atoms with van der Waals surface area (Å²) in [5, 5.41) is 0. The van der Waals surface area contributed by atoms with Crippen LogP contribution in [0.15, 0.2) is 60.7 Å². The van der Waals surface area contributed by atoms with E-state index in [4.69, 9.17) is 56.8 Å². The van der Waals surface area contributed by atoms with Gasteiger partial charge in [0.15, 0.2) is 46.0 Å². The molecule has 4 aromatic rings. The van der Waals surface area contributed by atoms with Gasteiger partial charge in [-0.05, 0) is 120 Å². The lowest BCUT2D eigenvalue weighted by molar-refractivity contribution is -0.890. The van der Waals surface area contributed by atoms with E-state index < -0.39 is 0 Å². The molecule has 0 fully saturated rings. The standard InChI is InChI=1S/C60H88N2O14/c1-61(2,31-27-47-41-51(67-7)49(65-5)39-45(47)25-23-43-35-53(69-9)59(73-13)54(36-43)70-10)29-19-33-75-57(63)21-17-15-16-18-22-58(64)76-34-20-30-62(3,4)32-28-48-42-52(68-8)50(66-6)40-46(48)26-24-44-37-55(71-11)60(74-14)56(38-44)72-12/h15-16,35-42H,17-34H2,1-14H3/q+2/b16-15+. The van der Waals surface area contributed by atoms with Gasteiger partial charge in [-0.2, -0.15) is 0 Å². The first-order valence-corrected chi connectivity index (χ1v) is 26.2. The molecule has 0 N–H and O–H groups in total. The lowest BCUT2D eigenvalue weighted by Crippen LogP contribution is -2.42. The third kappa shape index (κ3) is 19.2. The van der Waals surface area contributed by atoms with Crippen LogP contribution in [-0.2, 0) is 57.6 Å². The molecule has 420 valence electrons. The minimum Gasteiger partial charge on any atom is -0.493 e. The summed E-state index contributed by atoms with van der Waals surface area (Å²) in [6.45, 7) is 4.17. The second kappa shape index (κ2) is 31.5. The van der Waals surface area contributed by atoms with Gasteiger partial charge in [0.1, 0.15) is 0 Å². The van der Waals surface area contributed by atoms with Gasteiger partial charge < -0.3 is 65.8 Å². The molecule has 0 unspecified atom stereocenters. The Labute approximate surface area is 453 Å². The SMILES string of the molecule is COc1cc(CCc2cc(OC)c(OC)c(OC)c2)c(CC[N+](C)(C)CCCOC(=O)CC/C=C/CCC(=O)OCCC[N+](C)(C)CCc2cc(OC)c(OC)cc2CCc2cc(OC)c(OC)c(OC)c2)cc1OC. The molecule has 0 aliphatic carbocycles. The molecule has 0 aliphatic rings. The number of hydrogen-bond acceptors (Lipinski definition) is 14. The van der Waals surface area contributed by atoms with Crippen molar-refractivity contribution in [3.8, 4) is 57.5 Å². The van der Waals surface area contributed by atoms with Gasteiger partial charge in [-0.25, -0.2) is 0 Å². The van der Waals surface area contributed by atoms with E-state index >= 15 is 0 Å². The number of carbonyl (C=O) groups is 2. The number of methoxy groups -OCH3 is 10. The first kappa shape index (κ1) is 62.0. The van der Waals surface area contributed by atoms with Crippen LogP contribution in [0.3, 0.4) is 0 Å². The number of benzene rings is 4. The van der Waals surface area contributed by atoms with Crippen molar-refractivity contribution in [2.45, 2.75) is 77.0 Å². The van der Waals surface area contributed by atoms with Crippen LogP contribution in [0.5, 0.6) is 57.5 Å². The second-order valence-corrected chi connectivity index (χ2v) is 20.0. The number of ether oxygens (including phenoxy) is 12. The summed E-state index contributed by atoms with van der Waals surface area (Å²) in [4.78, 5) is 25.1. The van der Waals surface area contributed by atoms with E-state index in [1.54, 1.807) is 71.1 Å². The summed E-state index contributed by atoms with van der Waals surface area (Å²) in [6.07, 6.45) is 11.7. The van der Waals surface area contributed by atoms with Crippen molar-refractivity contribution in [2.24, 2.45) is 0 Å². The predicted octanol–water partition coefficient (Wildman–Crippen LogP) is 9.26. The number of hydrogen-bond donors (Lipinski definition) is 0. The highest BCUT2D eigenvalue weighted by molar-refractivity contribution is 5.70. The first-order valence-electron chi connectivity index (χ1n) is 26.2. The third-order valence-electron chi connectivity index (χ3n) is 13.7. The molecule has 0 heterocycles. The minimum atomic E-state index is -0.227. The molecule has 0 aliphatic heterocycles. The van der Waals surface area contributed by atoms with Crippen molar-refractivity contribution in [1.82, 2.24) is 0 Å². The number of carbonyl (C=O) groups excluding carboxylic acids is 2. The van der Waals surface area contributed by atoms with Crippen molar-refractivity contribution in [3.63, 3.8) is 0 Å². The predicted molar refractivity (Wildman–Crippen MR) is 296 cm³/mol. The smallest absolute Gasteiger partial charge is 0.306 e. The van der Waals surface area contributed by atoms with Crippen LogP contribution < -0.4 is 47.4 Å². The molecule has 16 heteroatoms. The maximum Gasteiger partial charge on any atom is 0.306 e. The highest BCUT2D eigenvalue weighted by Gasteiger charge is 2.22. The Balaban J connectivity index is 1.13. The number of aryl methyl sites for hydroxylation is 4. The summed E-state index contributed by atoms with van der Waals surface area (Å²) in [5.74, 6) is 5.96. The zero-order chi connectivity index (χ0) is 55.7. The molecule has 4 aromatic carbocycles. The molecule has 0 aromatic heterocycles. The van der Waals surface area contributed by atoms with Crippen molar-refractivity contribution in [2.75, 3.05) is 139 Å². The fraction of sp³-hybridized carbons (Fsp3) is 0.533. The van der Waals surface area contributed by atoms with Crippen LogP contribution in [0.4, 0.5) is 0 Å². The Morgan fingerprint density at radius 1 is 0.368 bits per heavy atom. The van der Waals surface area contributed by atoms with E-state index in [0.29, 0.717) is 83.6 Å². The molecule has 0 bridgehead atoms. The third-order valence-corrected chi connectivity index (χ3v) is 13.7. The summed E-state index contributed by atoms with van der Waals surface area (Å²) >= 11 is 0. The van der Waals surface area contributed by atoms with E-state index in [1.807, 2.05) is 36.4 Å². The Bertz CT molecular complexity index is 2270. The van der Waals surface area contributed by atoms with E-state index in [2.05, 4.69) is 52.5 Å². The molecule has 0 saturated carbocycles. The van der Waals surface area contributed by atoms with Gasteiger partial charge in [-0.3, -0.25) is 9.59 Å². The number of nitrogens with zero attached hydrogens (tertiary/aromatic N) is 2. The number of rotatable bonds is 36. The summed E-state index contributed by atoms with van der Waals surface area (Å²) in [6, 6.07) is 16.3. The molecule has 0 spiro atoms. The summed E-state index contributed by atoms with van der Waals surface area (Å²) < 4.78 is 68.8. The normalized spacial score (nSPS) is 11.5. The Kier molecular flexibility index (Phi) is 25.7. The first-order chi connectivity index (χ1) is 36.5. The zero-order valence-electron chi connectivity index (χ0n) is 48.1. The van der Waals surface area contributed by atoms with E-state index in [0.717, 1.165) is 97.6 Å². The summed E-state index contributed by atoms with van der Waals surface area (Å²) in [5.41, 5.74) is 6.88. The second-order valence-electron chi connectivity index (χ2n) is 20.0. The van der Waals surface area contributed by atoms with Gasteiger partial charge in [0.25, 0.3) is 0 Å². The van der Waals surface area contributed by atoms with Crippen LogP contribution in [0, 0.1) is 0 Å². The van der Waals surface area contributed by atoms with Crippen LogP contribution >= 0.6 is 0 Å². The Morgan fingerprint density at radius 2 is 0.658 bits per heavy atom. The fourth-order valence-electron chi connectivity index (χ4n) is 9.18. The zero-order valence-corrected chi connectivity index (χ0v) is 48.1. The largest absolute Gasteiger partial charge is 0.493 e. The molecule has 0 atom stereocenters. The van der Waals surface area contributed by atoms with Crippen LogP contribution in [0.2, 0.25) is 0 Å². The van der Waals surface area contributed by atoms with Crippen molar-refractivity contribution < 1.29 is 75.4 Å². The minimum absolute atomic E-state index is 0.227. The van der Waals surface area contributed by atoms with E-state index in [9.17, 15) is 9.59 Å². The molecular weight excluding hydrogens is 973 g/mol. The average molecular weight is 1060 g/mol. The van der Waals surface area contributed by atoms with Gasteiger partial charge in [0.05, 0.1) is 139 Å². The Morgan fingerprint density at radius 3 is 0.934 bits per heavy atom. The van der Waals surface area contributed by atoms with Crippen LogP contribution in [0.25, 0.3) is 0 Å². The monoisotopic (exact) mass is 1060 g/mol. The average Bonchev–Trinajstić information content (AvgIpc) is 3.42. The van der Waals surface area contributed by atoms with Gasteiger partial charge in [0.2, 0.25) is 11.5 Å². The molecule has 0 radical (unpaired) electrons. The highest BCUT2D eigenvalue weighted by atomic mass is 16.6. The fourth-order valence-corrected chi connectivity index (χ4v) is 9.18. The molecule has 0 saturated heterocycles. The van der Waals surface area contributed by atoms with Gasteiger partial charge in [-0.15, -0.1) is 0 Å². The molecular formula is C60H88N2O14+2. The highest BCUT2D eigenvalue weighted by Crippen LogP contribution is 2.41. The van der Waals surface area contributed by atoms with E-state index in [-0.39, 0.29) is 24.8 Å².